The number of rotatable bonds is 6. The quantitative estimate of drug-likeness (QED) is 0.535. The summed E-state index contributed by atoms with van der Waals surface area (Å²) in [6, 6.07) is 0. The lowest BCUT2D eigenvalue weighted by atomic mass is 10.1. The summed E-state index contributed by atoms with van der Waals surface area (Å²) in [7, 11) is 0. The Hall–Kier alpha value is -0.700. The molecule has 0 radical (unpaired) electrons. The molecule has 0 amide bonds. The molecule has 0 saturated heterocycles. The molecule has 3 nitrogen and oxygen atoms in total. The Labute approximate surface area is 104 Å². The molecule has 96 valence electrons. The van der Waals surface area contributed by atoms with Crippen molar-refractivity contribution in [3.05, 3.63) is 0 Å². The van der Waals surface area contributed by atoms with Crippen molar-refractivity contribution in [2.45, 2.75) is 60.3 Å². The molecule has 0 aromatic rings. The van der Waals surface area contributed by atoms with Crippen LogP contribution in [0.5, 0.6) is 0 Å². The average molecular weight is 251 g/mol. The highest BCUT2D eigenvalue weighted by molar-refractivity contribution is 6.63. The SMILES string of the molecule is C.CCCC(=O)CC(C)=O.CCCC(=O)Cl. The van der Waals surface area contributed by atoms with Crippen LogP contribution in [0.1, 0.15) is 60.3 Å². The molecule has 0 aliphatic heterocycles. The van der Waals surface area contributed by atoms with Crippen molar-refractivity contribution in [2.24, 2.45) is 0 Å². The zero-order chi connectivity index (χ0) is 12.3. The van der Waals surface area contributed by atoms with E-state index in [1.165, 1.54) is 6.92 Å². The largest absolute Gasteiger partial charge is 0.300 e. The van der Waals surface area contributed by atoms with Gasteiger partial charge in [-0.15, -0.1) is 0 Å². The molecule has 0 aliphatic rings. The van der Waals surface area contributed by atoms with Crippen LogP contribution in [0.3, 0.4) is 0 Å². The molecule has 0 fully saturated rings. The smallest absolute Gasteiger partial charge is 0.221 e. The first-order valence-corrected chi connectivity index (χ1v) is 5.51. The molecule has 0 N–H and O–H groups in total. The summed E-state index contributed by atoms with van der Waals surface area (Å²) in [5.74, 6) is 0.0263. The van der Waals surface area contributed by atoms with Crippen molar-refractivity contribution < 1.29 is 14.4 Å². The minimum absolute atomic E-state index is 0. The van der Waals surface area contributed by atoms with E-state index in [0.29, 0.717) is 12.8 Å². The lowest BCUT2D eigenvalue weighted by Gasteiger charge is -1.91. The molecule has 0 rings (SSSR count). The number of ketones is 2. The first kappa shape index (κ1) is 20.7. The number of carbonyl (C=O) groups is 3. The molecule has 0 atom stereocenters. The summed E-state index contributed by atoms with van der Waals surface area (Å²) in [4.78, 5) is 30.7. The van der Waals surface area contributed by atoms with Gasteiger partial charge >= 0.3 is 0 Å². The molecule has 0 aliphatic carbocycles. The van der Waals surface area contributed by atoms with Gasteiger partial charge in [0.25, 0.3) is 0 Å². The maximum absolute atomic E-state index is 10.6. The van der Waals surface area contributed by atoms with Gasteiger partial charge in [0.2, 0.25) is 5.24 Å². The van der Waals surface area contributed by atoms with E-state index in [-0.39, 0.29) is 30.7 Å². The standard InChI is InChI=1S/C7H12O2.C4H7ClO.CH4/c1-3-4-7(9)5-6(2)8;1-2-3-4(5)6;/h3-5H2,1-2H3;2-3H2,1H3;1H4. The molecule has 4 heteroatoms. The highest BCUT2D eigenvalue weighted by atomic mass is 35.5. The summed E-state index contributed by atoms with van der Waals surface area (Å²) in [5.41, 5.74) is 0. The van der Waals surface area contributed by atoms with Crippen molar-refractivity contribution in [1.82, 2.24) is 0 Å². The molecule has 0 aromatic carbocycles. The Kier molecular flexibility index (Phi) is 18.5. The van der Waals surface area contributed by atoms with E-state index in [0.717, 1.165) is 12.8 Å². The molecule has 16 heavy (non-hydrogen) atoms. The summed E-state index contributed by atoms with van der Waals surface area (Å²) in [6.07, 6.45) is 2.85. The fraction of sp³-hybridized carbons (Fsp3) is 0.750. The van der Waals surface area contributed by atoms with E-state index >= 15 is 0 Å². The molecule has 0 aromatic heterocycles. The fourth-order valence-corrected chi connectivity index (χ4v) is 1.03. The first-order valence-electron chi connectivity index (χ1n) is 5.13. The normalized spacial score (nSPS) is 8.25. The van der Waals surface area contributed by atoms with Crippen LogP contribution in [-0.4, -0.2) is 16.8 Å². The second-order valence-corrected chi connectivity index (χ2v) is 3.69. The second-order valence-electron chi connectivity index (χ2n) is 3.27. The van der Waals surface area contributed by atoms with E-state index in [4.69, 9.17) is 11.6 Å². The van der Waals surface area contributed by atoms with Crippen LogP contribution >= 0.6 is 11.6 Å². The van der Waals surface area contributed by atoms with Crippen molar-refractivity contribution >= 4 is 28.4 Å². The van der Waals surface area contributed by atoms with Crippen molar-refractivity contribution in [2.75, 3.05) is 0 Å². The Bertz CT molecular complexity index is 212. The third-order valence-corrected chi connectivity index (χ3v) is 1.61. The van der Waals surface area contributed by atoms with Gasteiger partial charge < -0.3 is 0 Å². The summed E-state index contributed by atoms with van der Waals surface area (Å²) in [5, 5.41) is -0.238. The van der Waals surface area contributed by atoms with Gasteiger partial charge in [0.15, 0.2) is 0 Å². The first-order chi connectivity index (χ1) is 6.93. The Balaban J connectivity index is -0.000000214. The van der Waals surface area contributed by atoms with Gasteiger partial charge in [0.1, 0.15) is 11.6 Å². The predicted molar refractivity (Wildman–Crippen MR) is 67.7 cm³/mol. The van der Waals surface area contributed by atoms with Crippen LogP contribution < -0.4 is 0 Å². The van der Waals surface area contributed by atoms with Gasteiger partial charge in [-0.25, -0.2) is 0 Å². The lowest BCUT2D eigenvalue weighted by molar-refractivity contribution is -0.125. The van der Waals surface area contributed by atoms with Gasteiger partial charge in [0.05, 0.1) is 6.42 Å². The van der Waals surface area contributed by atoms with Gasteiger partial charge in [-0.2, -0.15) is 0 Å². The number of halogens is 1. The third kappa shape index (κ3) is 23.3. The van der Waals surface area contributed by atoms with Gasteiger partial charge in [-0.05, 0) is 31.4 Å². The van der Waals surface area contributed by atoms with Crippen molar-refractivity contribution in [3.63, 3.8) is 0 Å². The Morgan fingerprint density at radius 2 is 1.44 bits per heavy atom. The molecule has 0 bridgehead atoms. The van der Waals surface area contributed by atoms with E-state index < -0.39 is 0 Å². The predicted octanol–water partition coefficient (Wildman–Crippen LogP) is 3.52. The van der Waals surface area contributed by atoms with E-state index in [9.17, 15) is 14.4 Å². The fourth-order valence-electron chi connectivity index (χ4n) is 0.841. The zero-order valence-corrected chi connectivity index (χ0v) is 10.4. The monoisotopic (exact) mass is 250 g/mol. The maximum Gasteiger partial charge on any atom is 0.221 e. The minimum Gasteiger partial charge on any atom is -0.300 e. The summed E-state index contributed by atoms with van der Waals surface area (Å²) < 4.78 is 0. The van der Waals surface area contributed by atoms with Crippen molar-refractivity contribution in [3.8, 4) is 0 Å². The lowest BCUT2D eigenvalue weighted by Crippen LogP contribution is -2.02. The molecule has 0 unspecified atom stereocenters. The van der Waals surface area contributed by atoms with Crippen LogP contribution in [-0.2, 0) is 14.4 Å². The topological polar surface area (TPSA) is 51.2 Å². The van der Waals surface area contributed by atoms with Crippen LogP contribution in [0.25, 0.3) is 0 Å². The number of Topliss-reactive ketones (excluding diaryl/α,β-unsaturated/α-hetero) is 2. The van der Waals surface area contributed by atoms with Crippen LogP contribution in [0.4, 0.5) is 0 Å². The van der Waals surface area contributed by atoms with E-state index in [2.05, 4.69) is 0 Å². The number of carbonyl (C=O) groups excluding carboxylic acids is 3. The number of hydrogen-bond donors (Lipinski definition) is 0. The summed E-state index contributed by atoms with van der Waals surface area (Å²) >= 11 is 4.94. The maximum atomic E-state index is 10.6. The van der Waals surface area contributed by atoms with Crippen LogP contribution in [0, 0.1) is 0 Å². The average Bonchev–Trinajstić information content (AvgIpc) is 2.03. The zero-order valence-electron chi connectivity index (χ0n) is 9.64. The number of hydrogen-bond acceptors (Lipinski definition) is 3. The molecule has 0 heterocycles. The Morgan fingerprint density at radius 1 is 1.00 bits per heavy atom. The van der Waals surface area contributed by atoms with Crippen LogP contribution in [0.2, 0.25) is 0 Å². The Morgan fingerprint density at radius 3 is 1.62 bits per heavy atom. The second kappa shape index (κ2) is 14.3. The third-order valence-electron chi connectivity index (χ3n) is 1.42. The molecular formula is C12H23ClO3. The van der Waals surface area contributed by atoms with E-state index in [1.807, 2.05) is 13.8 Å². The molecule has 0 saturated carbocycles. The van der Waals surface area contributed by atoms with Gasteiger partial charge in [0, 0.05) is 12.8 Å². The molecular weight excluding hydrogens is 228 g/mol. The molecule has 0 spiro atoms. The highest BCUT2D eigenvalue weighted by Crippen LogP contribution is 1.93. The van der Waals surface area contributed by atoms with Gasteiger partial charge in [-0.1, -0.05) is 21.3 Å². The van der Waals surface area contributed by atoms with Crippen molar-refractivity contribution in [1.29, 1.82) is 0 Å². The van der Waals surface area contributed by atoms with Gasteiger partial charge in [-0.3, -0.25) is 14.4 Å². The van der Waals surface area contributed by atoms with Crippen LogP contribution in [0.15, 0.2) is 0 Å². The summed E-state index contributed by atoms with van der Waals surface area (Å²) in [6.45, 7) is 5.28. The highest BCUT2D eigenvalue weighted by Gasteiger charge is 2.01. The minimum atomic E-state index is -0.238. The van der Waals surface area contributed by atoms with E-state index in [1.54, 1.807) is 0 Å².